The Bertz CT molecular complexity index is 718. The Morgan fingerprint density at radius 1 is 1.17 bits per heavy atom. The van der Waals surface area contributed by atoms with Crippen LogP contribution in [0.3, 0.4) is 0 Å². The topological polar surface area (TPSA) is 66.9 Å². The number of nitrogens with zero attached hydrogens (tertiary/aromatic N) is 2. The normalized spacial score (nSPS) is 10.5. The van der Waals surface area contributed by atoms with E-state index in [4.69, 9.17) is 11.6 Å². The fraction of sp³-hybridized carbons (Fsp3) is 0.389. The highest BCUT2D eigenvalue weighted by atomic mass is 35.5. The van der Waals surface area contributed by atoms with E-state index in [0.717, 1.165) is 30.5 Å². The monoisotopic (exact) mass is 346 g/mol. The molecule has 2 rings (SSSR count). The molecule has 0 radical (unpaired) electrons. The van der Waals surface area contributed by atoms with E-state index in [1.807, 2.05) is 25.1 Å². The molecule has 0 spiro atoms. The lowest BCUT2D eigenvalue weighted by molar-refractivity contribution is 0.0947. The second-order valence-corrected chi connectivity index (χ2v) is 6.17. The summed E-state index contributed by atoms with van der Waals surface area (Å²) in [5, 5.41) is 6.80. The highest BCUT2D eigenvalue weighted by Crippen LogP contribution is 2.23. The summed E-state index contributed by atoms with van der Waals surface area (Å²) in [6.45, 7) is 6.53. The molecule has 0 atom stereocenters. The third-order valence-corrected chi connectivity index (χ3v) is 3.82. The number of aromatic nitrogens is 2. The number of anilines is 2. The summed E-state index contributed by atoms with van der Waals surface area (Å²) in [5.74, 6) is 0.962. The molecule has 0 fully saturated rings. The largest absolute Gasteiger partial charge is 0.351 e. The summed E-state index contributed by atoms with van der Waals surface area (Å²) in [5.41, 5.74) is 2.27. The van der Waals surface area contributed by atoms with Gasteiger partial charge in [-0.15, -0.1) is 0 Å². The zero-order valence-corrected chi connectivity index (χ0v) is 15.1. The molecule has 0 aliphatic heterocycles. The number of halogens is 1. The molecule has 0 unspecified atom stereocenters. The van der Waals surface area contributed by atoms with Crippen molar-refractivity contribution in [3.8, 4) is 0 Å². The molecule has 2 N–H and O–H groups in total. The van der Waals surface area contributed by atoms with E-state index < -0.39 is 0 Å². The Balaban J connectivity index is 2.11. The van der Waals surface area contributed by atoms with Crippen molar-refractivity contribution in [3.05, 3.63) is 46.4 Å². The molecule has 1 aromatic carbocycles. The summed E-state index contributed by atoms with van der Waals surface area (Å²) in [7, 11) is 0. The molecule has 1 aromatic heterocycles. The van der Waals surface area contributed by atoms with Crippen molar-refractivity contribution in [2.75, 3.05) is 11.9 Å². The second kappa shape index (κ2) is 8.64. The van der Waals surface area contributed by atoms with Crippen molar-refractivity contribution < 1.29 is 4.79 Å². The van der Waals surface area contributed by atoms with Crippen LogP contribution in [0.2, 0.25) is 5.02 Å². The van der Waals surface area contributed by atoms with Gasteiger partial charge in [-0.2, -0.15) is 0 Å². The van der Waals surface area contributed by atoms with E-state index >= 15 is 0 Å². The first kappa shape index (κ1) is 18.2. The van der Waals surface area contributed by atoms with Crippen molar-refractivity contribution >= 4 is 29.0 Å². The van der Waals surface area contributed by atoms with Crippen LogP contribution in [0.1, 0.15) is 48.1 Å². The third kappa shape index (κ3) is 5.20. The van der Waals surface area contributed by atoms with E-state index in [1.165, 1.54) is 0 Å². The van der Waals surface area contributed by atoms with Crippen LogP contribution < -0.4 is 10.6 Å². The van der Waals surface area contributed by atoms with Gasteiger partial charge in [-0.1, -0.05) is 31.4 Å². The zero-order valence-electron chi connectivity index (χ0n) is 14.3. The number of unbranched alkanes of at least 4 members (excludes halogenated alkanes) is 2. The Morgan fingerprint density at radius 2 is 1.96 bits per heavy atom. The van der Waals surface area contributed by atoms with Gasteiger partial charge in [-0.3, -0.25) is 4.79 Å². The number of hydrogen-bond donors (Lipinski definition) is 2. The summed E-state index contributed by atoms with van der Waals surface area (Å²) in [6.07, 6.45) is 3.20. The van der Waals surface area contributed by atoms with Gasteiger partial charge in [0, 0.05) is 23.3 Å². The Morgan fingerprint density at radius 3 is 2.67 bits per heavy atom. The Hall–Kier alpha value is -2.14. The first-order valence-corrected chi connectivity index (χ1v) is 8.54. The summed E-state index contributed by atoms with van der Waals surface area (Å²) >= 11 is 5.98. The molecule has 1 heterocycles. The molecular weight excluding hydrogens is 324 g/mol. The van der Waals surface area contributed by atoms with Crippen LogP contribution in [0.15, 0.2) is 24.3 Å². The van der Waals surface area contributed by atoms with Crippen LogP contribution in [0.25, 0.3) is 0 Å². The van der Waals surface area contributed by atoms with Gasteiger partial charge >= 0.3 is 0 Å². The fourth-order valence-corrected chi connectivity index (χ4v) is 2.55. The number of nitrogens with one attached hydrogen (secondary N) is 2. The maximum atomic E-state index is 12.2. The van der Waals surface area contributed by atoms with Gasteiger partial charge in [-0.25, -0.2) is 9.97 Å². The van der Waals surface area contributed by atoms with E-state index in [-0.39, 0.29) is 5.91 Å². The quantitative estimate of drug-likeness (QED) is 0.729. The van der Waals surface area contributed by atoms with Crippen LogP contribution in [0.5, 0.6) is 0 Å². The molecule has 0 aliphatic rings. The summed E-state index contributed by atoms with van der Waals surface area (Å²) < 4.78 is 0. The number of carbonyl (C=O) groups excluding carboxylic acids is 1. The molecule has 6 heteroatoms. The van der Waals surface area contributed by atoms with Gasteiger partial charge < -0.3 is 10.6 Å². The average Bonchev–Trinajstić information content (AvgIpc) is 2.53. The number of carbonyl (C=O) groups is 1. The summed E-state index contributed by atoms with van der Waals surface area (Å²) in [6, 6.07) is 7.24. The molecular formula is C18H23ClN4O. The van der Waals surface area contributed by atoms with Crippen LogP contribution >= 0.6 is 11.6 Å². The molecule has 128 valence electrons. The highest BCUT2D eigenvalue weighted by molar-refractivity contribution is 6.30. The van der Waals surface area contributed by atoms with Gasteiger partial charge in [0.15, 0.2) is 0 Å². The molecule has 0 saturated carbocycles. The first-order valence-electron chi connectivity index (χ1n) is 8.16. The maximum absolute atomic E-state index is 12.2. The number of rotatable bonds is 7. The lowest BCUT2D eigenvalue weighted by Crippen LogP contribution is -2.25. The maximum Gasteiger partial charge on any atom is 0.270 e. The van der Waals surface area contributed by atoms with E-state index in [1.54, 1.807) is 13.0 Å². The number of amides is 1. The SMILES string of the molecule is CCCCCNC(=O)c1cc(Nc2ccc(Cl)cc2C)nc(C)n1. The zero-order chi connectivity index (χ0) is 17.5. The minimum atomic E-state index is -0.174. The third-order valence-electron chi connectivity index (χ3n) is 3.59. The van der Waals surface area contributed by atoms with Crippen molar-refractivity contribution in [1.82, 2.24) is 15.3 Å². The van der Waals surface area contributed by atoms with Crippen LogP contribution in [0.4, 0.5) is 11.5 Å². The van der Waals surface area contributed by atoms with Crippen LogP contribution in [-0.4, -0.2) is 22.4 Å². The lowest BCUT2D eigenvalue weighted by Gasteiger charge is -2.11. The van der Waals surface area contributed by atoms with E-state index in [9.17, 15) is 4.79 Å². The molecule has 0 saturated heterocycles. The smallest absolute Gasteiger partial charge is 0.270 e. The van der Waals surface area contributed by atoms with Crippen molar-refractivity contribution in [2.45, 2.75) is 40.0 Å². The van der Waals surface area contributed by atoms with Crippen LogP contribution in [0, 0.1) is 13.8 Å². The number of benzene rings is 1. The van der Waals surface area contributed by atoms with Crippen molar-refractivity contribution in [3.63, 3.8) is 0 Å². The fourth-order valence-electron chi connectivity index (χ4n) is 2.32. The van der Waals surface area contributed by atoms with Gasteiger partial charge in [0.05, 0.1) is 0 Å². The standard InChI is InChI=1S/C18H23ClN4O/c1-4-5-6-9-20-18(24)16-11-17(22-13(3)21-16)23-15-8-7-14(19)10-12(15)2/h7-8,10-11H,4-6,9H2,1-3H3,(H,20,24)(H,21,22,23). The molecule has 0 bridgehead atoms. The predicted molar refractivity (Wildman–Crippen MR) is 98.1 cm³/mol. The number of hydrogen-bond acceptors (Lipinski definition) is 4. The minimum Gasteiger partial charge on any atom is -0.351 e. The number of aryl methyl sites for hydroxylation is 2. The average molecular weight is 347 g/mol. The van der Waals surface area contributed by atoms with Crippen LogP contribution in [-0.2, 0) is 0 Å². The van der Waals surface area contributed by atoms with Gasteiger partial charge in [0.25, 0.3) is 5.91 Å². The Labute approximate surface area is 147 Å². The lowest BCUT2D eigenvalue weighted by atomic mass is 10.2. The summed E-state index contributed by atoms with van der Waals surface area (Å²) in [4.78, 5) is 20.8. The van der Waals surface area contributed by atoms with Gasteiger partial charge in [-0.05, 0) is 44.0 Å². The molecule has 0 aliphatic carbocycles. The van der Waals surface area contributed by atoms with E-state index in [0.29, 0.717) is 28.9 Å². The minimum absolute atomic E-state index is 0.174. The van der Waals surface area contributed by atoms with Crippen molar-refractivity contribution in [1.29, 1.82) is 0 Å². The van der Waals surface area contributed by atoms with Gasteiger partial charge in [0.2, 0.25) is 0 Å². The molecule has 2 aromatic rings. The first-order chi connectivity index (χ1) is 11.5. The van der Waals surface area contributed by atoms with E-state index in [2.05, 4.69) is 27.5 Å². The molecule has 1 amide bonds. The Kier molecular flexibility index (Phi) is 6.55. The highest BCUT2D eigenvalue weighted by Gasteiger charge is 2.11. The van der Waals surface area contributed by atoms with Gasteiger partial charge in [0.1, 0.15) is 17.3 Å². The predicted octanol–water partition coefficient (Wildman–Crippen LogP) is 4.41. The molecule has 5 nitrogen and oxygen atoms in total. The second-order valence-electron chi connectivity index (χ2n) is 5.73. The van der Waals surface area contributed by atoms with Crippen molar-refractivity contribution in [2.24, 2.45) is 0 Å². The molecule has 24 heavy (non-hydrogen) atoms.